The van der Waals surface area contributed by atoms with Gasteiger partial charge in [-0.2, -0.15) is 5.10 Å². The van der Waals surface area contributed by atoms with E-state index in [0.717, 1.165) is 6.42 Å². The summed E-state index contributed by atoms with van der Waals surface area (Å²) in [5, 5.41) is 3.69. The van der Waals surface area contributed by atoms with Crippen molar-refractivity contribution < 1.29 is 0 Å². The van der Waals surface area contributed by atoms with E-state index in [9.17, 15) is 0 Å². The minimum atomic E-state index is 0.653. The van der Waals surface area contributed by atoms with Gasteiger partial charge in [-0.3, -0.25) is 0 Å². The second-order valence-corrected chi connectivity index (χ2v) is 2.41. The van der Waals surface area contributed by atoms with Gasteiger partial charge >= 0.3 is 0 Å². The second-order valence-electron chi connectivity index (χ2n) is 2.41. The van der Waals surface area contributed by atoms with Gasteiger partial charge in [0.1, 0.15) is 0 Å². The molecule has 0 saturated heterocycles. The van der Waals surface area contributed by atoms with Crippen LogP contribution >= 0.6 is 0 Å². The fourth-order valence-corrected chi connectivity index (χ4v) is 1.19. The van der Waals surface area contributed by atoms with Gasteiger partial charge in [-0.05, 0) is 25.2 Å². The van der Waals surface area contributed by atoms with Crippen molar-refractivity contribution in [1.82, 2.24) is 0 Å². The van der Waals surface area contributed by atoms with Gasteiger partial charge in [0, 0.05) is 5.71 Å². The summed E-state index contributed by atoms with van der Waals surface area (Å²) in [6, 6.07) is 0. The standard InChI is InChI=1S/C6H12N2/c1-5-3-2-4-6(5)8-7/h5H,2-4,7H2,1H3/b8-6+. The number of nitrogens with two attached hydrogens (primary N) is 1. The van der Waals surface area contributed by atoms with Gasteiger partial charge in [0.25, 0.3) is 0 Å². The van der Waals surface area contributed by atoms with Gasteiger partial charge in [-0.1, -0.05) is 6.92 Å². The molecular weight excluding hydrogens is 100 g/mol. The molecule has 0 heterocycles. The fourth-order valence-electron chi connectivity index (χ4n) is 1.19. The molecule has 1 fully saturated rings. The highest BCUT2D eigenvalue weighted by Gasteiger charge is 2.16. The first-order valence-corrected chi connectivity index (χ1v) is 3.11. The maximum Gasteiger partial charge on any atom is 0.0404 e. The highest BCUT2D eigenvalue weighted by atomic mass is 15.1. The monoisotopic (exact) mass is 112 g/mol. The molecule has 0 aromatic rings. The summed E-state index contributed by atoms with van der Waals surface area (Å²) in [6.07, 6.45) is 3.67. The first-order valence-electron chi connectivity index (χ1n) is 3.11. The number of hydrogen-bond donors (Lipinski definition) is 1. The van der Waals surface area contributed by atoms with E-state index in [-0.39, 0.29) is 0 Å². The van der Waals surface area contributed by atoms with Crippen LogP contribution in [0.3, 0.4) is 0 Å². The van der Waals surface area contributed by atoms with E-state index in [0.29, 0.717) is 5.92 Å². The molecule has 1 saturated carbocycles. The van der Waals surface area contributed by atoms with Crippen LogP contribution in [0.5, 0.6) is 0 Å². The van der Waals surface area contributed by atoms with Crippen molar-refractivity contribution in [3.05, 3.63) is 0 Å². The van der Waals surface area contributed by atoms with Crippen molar-refractivity contribution in [3.8, 4) is 0 Å². The van der Waals surface area contributed by atoms with Gasteiger partial charge in [-0.25, -0.2) is 0 Å². The van der Waals surface area contributed by atoms with Crippen LogP contribution in [-0.2, 0) is 0 Å². The molecule has 0 aliphatic heterocycles. The van der Waals surface area contributed by atoms with Gasteiger partial charge in [-0.15, -0.1) is 0 Å². The fraction of sp³-hybridized carbons (Fsp3) is 0.833. The normalized spacial score (nSPS) is 34.1. The molecule has 0 aromatic heterocycles. The number of rotatable bonds is 0. The lowest BCUT2D eigenvalue weighted by atomic mass is 10.1. The molecule has 1 rings (SSSR count). The van der Waals surface area contributed by atoms with E-state index in [1.165, 1.54) is 18.6 Å². The van der Waals surface area contributed by atoms with Crippen LogP contribution in [0, 0.1) is 5.92 Å². The molecule has 2 nitrogen and oxygen atoms in total. The van der Waals surface area contributed by atoms with E-state index < -0.39 is 0 Å². The van der Waals surface area contributed by atoms with Crippen LogP contribution in [0.2, 0.25) is 0 Å². The van der Waals surface area contributed by atoms with Crippen LogP contribution in [0.15, 0.2) is 5.10 Å². The van der Waals surface area contributed by atoms with Crippen molar-refractivity contribution in [1.29, 1.82) is 0 Å². The smallest absolute Gasteiger partial charge is 0.0404 e. The number of hydrogen-bond acceptors (Lipinski definition) is 2. The molecular formula is C6H12N2. The topological polar surface area (TPSA) is 38.4 Å². The average molecular weight is 112 g/mol. The molecule has 46 valence electrons. The van der Waals surface area contributed by atoms with Crippen molar-refractivity contribution in [2.75, 3.05) is 0 Å². The summed E-state index contributed by atoms with van der Waals surface area (Å²) in [4.78, 5) is 0. The van der Waals surface area contributed by atoms with Crippen LogP contribution in [0.1, 0.15) is 26.2 Å². The maximum atomic E-state index is 5.11. The Morgan fingerprint density at radius 1 is 1.75 bits per heavy atom. The Balaban J connectivity index is 2.55. The first-order chi connectivity index (χ1) is 3.84. The molecule has 0 spiro atoms. The predicted octanol–water partition coefficient (Wildman–Crippen LogP) is 1.12. The Morgan fingerprint density at radius 3 is 2.75 bits per heavy atom. The average Bonchev–Trinajstić information content (AvgIpc) is 2.14. The molecule has 2 heteroatoms. The van der Waals surface area contributed by atoms with Crippen molar-refractivity contribution >= 4 is 5.71 Å². The SMILES string of the molecule is CC1CCC/C1=N\N. The minimum absolute atomic E-state index is 0.653. The lowest BCUT2D eigenvalue weighted by molar-refractivity contribution is 0.727. The van der Waals surface area contributed by atoms with Crippen LogP contribution in [-0.4, -0.2) is 5.71 Å². The predicted molar refractivity (Wildman–Crippen MR) is 34.6 cm³/mol. The highest BCUT2D eigenvalue weighted by molar-refractivity contribution is 5.87. The number of hydrazone groups is 1. The molecule has 1 aliphatic carbocycles. The van der Waals surface area contributed by atoms with Gasteiger partial charge in [0.15, 0.2) is 0 Å². The van der Waals surface area contributed by atoms with Crippen LogP contribution in [0.25, 0.3) is 0 Å². The van der Waals surface area contributed by atoms with Crippen LogP contribution in [0.4, 0.5) is 0 Å². The third-order valence-electron chi connectivity index (χ3n) is 1.80. The molecule has 0 bridgehead atoms. The van der Waals surface area contributed by atoms with Crippen molar-refractivity contribution in [2.45, 2.75) is 26.2 Å². The summed E-state index contributed by atoms with van der Waals surface area (Å²) in [5.74, 6) is 5.76. The molecule has 0 amide bonds. The van der Waals surface area contributed by atoms with Crippen molar-refractivity contribution in [2.24, 2.45) is 16.9 Å². The molecule has 2 N–H and O–H groups in total. The zero-order valence-corrected chi connectivity index (χ0v) is 5.22. The largest absolute Gasteiger partial charge is 0.323 e. The lowest BCUT2D eigenvalue weighted by Gasteiger charge is -1.97. The summed E-state index contributed by atoms with van der Waals surface area (Å²) < 4.78 is 0. The molecule has 0 radical (unpaired) electrons. The Labute approximate surface area is 49.8 Å². The Morgan fingerprint density at radius 2 is 2.50 bits per heavy atom. The molecule has 1 atom stereocenters. The Kier molecular flexibility index (Phi) is 1.51. The van der Waals surface area contributed by atoms with Gasteiger partial charge in [0.05, 0.1) is 0 Å². The quantitative estimate of drug-likeness (QED) is 0.370. The minimum Gasteiger partial charge on any atom is -0.323 e. The first kappa shape index (κ1) is 5.60. The summed E-state index contributed by atoms with van der Waals surface area (Å²) >= 11 is 0. The summed E-state index contributed by atoms with van der Waals surface area (Å²) in [6.45, 7) is 2.18. The van der Waals surface area contributed by atoms with E-state index in [1.807, 2.05) is 0 Å². The highest BCUT2D eigenvalue weighted by Crippen LogP contribution is 2.20. The number of nitrogens with zero attached hydrogens (tertiary/aromatic N) is 1. The Bertz CT molecular complexity index is 107. The second kappa shape index (κ2) is 2.16. The van der Waals surface area contributed by atoms with E-state index >= 15 is 0 Å². The molecule has 1 unspecified atom stereocenters. The van der Waals surface area contributed by atoms with Crippen LogP contribution < -0.4 is 5.84 Å². The van der Waals surface area contributed by atoms with Crippen molar-refractivity contribution in [3.63, 3.8) is 0 Å². The summed E-state index contributed by atoms with van der Waals surface area (Å²) in [7, 11) is 0. The van der Waals surface area contributed by atoms with E-state index in [2.05, 4.69) is 12.0 Å². The Hall–Kier alpha value is -0.530. The van der Waals surface area contributed by atoms with Gasteiger partial charge < -0.3 is 5.84 Å². The van der Waals surface area contributed by atoms with E-state index in [4.69, 9.17) is 5.84 Å². The zero-order valence-electron chi connectivity index (χ0n) is 5.22. The third kappa shape index (κ3) is 0.831. The molecule has 8 heavy (non-hydrogen) atoms. The van der Waals surface area contributed by atoms with E-state index in [1.54, 1.807) is 0 Å². The lowest BCUT2D eigenvalue weighted by Crippen LogP contribution is -2.04. The summed E-state index contributed by atoms with van der Waals surface area (Å²) in [5.41, 5.74) is 1.20. The third-order valence-corrected chi connectivity index (χ3v) is 1.80. The van der Waals surface area contributed by atoms with Gasteiger partial charge in [0.2, 0.25) is 0 Å². The zero-order chi connectivity index (χ0) is 5.98. The molecule has 0 aromatic carbocycles. The molecule has 1 aliphatic rings. The maximum absolute atomic E-state index is 5.11.